The molecule has 0 spiro atoms. The number of hydrogen-bond acceptors (Lipinski definition) is 0. The Morgan fingerprint density at radius 1 is 1.05 bits per heavy atom. The van der Waals surface area contributed by atoms with E-state index in [0.29, 0.717) is 0 Å². The average molecular weight is 285 g/mol. The summed E-state index contributed by atoms with van der Waals surface area (Å²) in [6.45, 7) is 13.1. The van der Waals surface area contributed by atoms with Crippen molar-refractivity contribution in [3.8, 4) is 0 Å². The molecule has 0 aromatic heterocycles. The molecule has 19 heavy (non-hydrogen) atoms. The number of allylic oxidation sites excluding steroid dienone is 2. The molecule has 1 aromatic carbocycles. The molecule has 2 aliphatic heterocycles. The minimum atomic E-state index is -1.18. The van der Waals surface area contributed by atoms with Crippen LogP contribution in [-0.2, 0) is 0 Å². The number of fused-ring (bicyclic) bond motifs is 2. The molecule has 4 bridgehead atoms. The predicted octanol–water partition coefficient (Wildman–Crippen LogP) is 5.21. The van der Waals surface area contributed by atoms with E-state index < -0.39 is 16.1 Å². The summed E-state index contributed by atoms with van der Waals surface area (Å²) < 4.78 is 0. The first-order valence-electron chi connectivity index (χ1n) is 7.76. The molecule has 2 heterocycles. The molecule has 0 fully saturated rings. The van der Waals surface area contributed by atoms with Crippen molar-refractivity contribution in [3.05, 3.63) is 40.6 Å². The van der Waals surface area contributed by atoms with Crippen molar-refractivity contribution in [1.29, 1.82) is 0 Å². The normalized spacial score (nSPS) is 35.9. The van der Waals surface area contributed by atoms with Gasteiger partial charge in [0.25, 0.3) is 0 Å². The molecule has 3 aliphatic rings. The molecule has 3 atom stereocenters. The molecule has 0 saturated carbocycles. The maximum Gasteiger partial charge on any atom is 0.0836 e. The highest BCUT2D eigenvalue weighted by atomic mass is 28.3. The van der Waals surface area contributed by atoms with E-state index in [1.807, 2.05) is 10.8 Å². The van der Waals surface area contributed by atoms with Gasteiger partial charge >= 0.3 is 0 Å². The SMILES string of the molecule is CCC1C2C3=C(C(c4ccccc43)[Si]1(C)C)[Si]2(C)C. The lowest BCUT2D eigenvalue weighted by Crippen LogP contribution is -2.61. The van der Waals surface area contributed by atoms with Gasteiger partial charge in [0.2, 0.25) is 0 Å². The van der Waals surface area contributed by atoms with Crippen LogP contribution in [0.25, 0.3) is 5.57 Å². The van der Waals surface area contributed by atoms with Gasteiger partial charge in [-0.1, -0.05) is 69.0 Å². The Balaban J connectivity index is 2.02. The molecule has 1 aromatic rings. The monoisotopic (exact) mass is 284 g/mol. The molecule has 100 valence electrons. The molecule has 0 amide bonds. The molecule has 4 rings (SSSR count). The van der Waals surface area contributed by atoms with Crippen LogP contribution in [0.4, 0.5) is 0 Å². The van der Waals surface area contributed by atoms with Gasteiger partial charge in [0, 0.05) is 0 Å². The van der Waals surface area contributed by atoms with Gasteiger partial charge in [0.15, 0.2) is 0 Å². The number of hydrogen-bond donors (Lipinski definition) is 0. The maximum atomic E-state index is 2.67. The van der Waals surface area contributed by atoms with Gasteiger partial charge in [0.1, 0.15) is 0 Å². The summed E-state index contributed by atoms with van der Waals surface area (Å²) in [6, 6.07) is 9.35. The van der Waals surface area contributed by atoms with Crippen LogP contribution in [0.3, 0.4) is 0 Å². The van der Waals surface area contributed by atoms with Crippen LogP contribution >= 0.6 is 0 Å². The van der Waals surface area contributed by atoms with E-state index in [9.17, 15) is 0 Å². The van der Waals surface area contributed by atoms with Gasteiger partial charge in [-0.2, -0.15) is 0 Å². The van der Waals surface area contributed by atoms with E-state index in [4.69, 9.17) is 0 Å². The summed E-state index contributed by atoms with van der Waals surface area (Å²) in [5, 5.41) is 1.97. The zero-order valence-corrected chi connectivity index (χ0v) is 14.7. The topological polar surface area (TPSA) is 0 Å². The van der Waals surface area contributed by atoms with Gasteiger partial charge in [-0.25, -0.2) is 0 Å². The fourth-order valence-corrected chi connectivity index (χ4v) is 19.3. The molecule has 0 saturated heterocycles. The second kappa shape index (κ2) is 3.34. The highest BCUT2D eigenvalue weighted by Gasteiger charge is 2.67. The summed E-state index contributed by atoms with van der Waals surface area (Å²) in [5.74, 6) is 0. The van der Waals surface area contributed by atoms with Gasteiger partial charge < -0.3 is 0 Å². The fourth-order valence-electron chi connectivity index (χ4n) is 5.84. The minimum absolute atomic E-state index is 0.871. The average Bonchev–Trinajstić information content (AvgIpc) is 2.65. The van der Waals surface area contributed by atoms with Gasteiger partial charge in [0.05, 0.1) is 16.1 Å². The zero-order chi connectivity index (χ0) is 13.6. The molecular formula is C17H24Si2. The van der Waals surface area contributed by atoms with Gasteiger partial charge in [-0.3, -0.25) is 0 Å². The Morgan fingerprint density at radius 2 is 1.74 bits per heavy atom. The van der Waals surface area contributed by atoms with Crippen molar-refractivity contribution in [1.82, 2.24) is 0 Å². The van der Waals surface area contributed by atoms with E-state index in [2.05, 4.69) is 57.4 Å². The van der Waals surface area contributed by atoms with Crippen LogP contribution in [0, 0.1) is 0 Å². The van der Waals surface area contributed by atoms with Gasteiger partial charge in [-0.15, -0.1) is 0 Å². The second-order valence-corrected chi connectivity index (χ2v) is 17.4. The molecule has 2 heteroatoms. The minimum Gasteiger partial charge on any atom is -0.0717 e. The molecule has 0 nitrogen and oxygen atoms in total. The molecular weight excluding hydrogens is 260 g/mol. The van der Waals surface area contributed by atoms with Crippen LogP contribution in [0.15, 0.2) is 29.5 Å². The fraction of sp³-hybridized carbons (Fsp3) is 0.529. The Kier molecular flexibility index (Phi) is 2.14. The third-order valence-electron chi connectivity index (χ3n) is 6.47. The Labute approximate surface area is 119 Å². The molecule has 0 radical (unpaired) electrons. The number of benzene rings is 1. The quantitative estimate of drug-likeness (QED) is 0.621. The van der Waals surface area contributed by atoms with Crippen molar-refractivity contribution in [2.75, 3.05) is 0 Å². The first-order valence-corrected chi connectivity index (χ1v) is 14.0. The standard InChI is InChI=1S/C17H24Si2/c1-6-13-16-14-11-9-7-8-10-12(11)15(18(13,2)3)17(14)19(16,4)5/h7-10,13,15-16H,6H2,1-5H3. The van der Waals surface area contributed by atoms with Crippen LogP contribution in [0.1, 0.15) is 30.0 Å². The van der Waals surface area contributed by atoms with E-state index in [1.165, 1.54) is 6.42 Å². The zero-order valence-electron chi connectivity index (χ0n) is 12.7. The van der Waals surface area contributed by atoms with Crippen molar-refractivity contribution < 1.29 is 0 Å². The summed E-state index contributed by atoms with van der Waals surface area (Å²) in [6.07, 6.45) is 1.40. The smallest absolute Gasteiger partial charge is 0.0717 e. The van der Waals surface area contributed by atoms with E-state index in [0.717, 1.165) is 16.6 Å². The van der Waals surface area contributed by atoms with E-state index in [1.54, 1.807) is 11.1 Å². The highest BCUT2D eigenvalue weighted by molar-refractivity contribution is 7.01. The first kappa shape index (κ1) is 12.2. The summed E-state index contributed by atoms with van der Waals surface area (Å²) in [4.78, 5) is 0. The summed E-state index contributed by atoms with van der Waals surface area (Å²) in [5.41, 5.74) is 8.07. The summed E-state index contributed by atoms with van der Waals surface area (Å²) >= 11 is 0. The predicted molar refractivity (Wildman–Crippen MR) is 88.9 cm³/mol. The van der Waals surface area contributed by atoms with Crippen molar-refractivity contribution in [3.63, 3.8) is 0 Å². The van der Waals surface area contributed by atoms with Crippen LogP contribution < -0.4 is 0 Å². The third kappa shape index (κ3) is 1.13. The van der Waals surface area contributed by atoms with Crippen LogP contribution in [0.5, 0.6) is 0 Å². The van der Waals surface area contributed by atoms with Crippen molar-refractivity contribution in [2.24, 2.45) is 0 Å². The Hall–Kier alpha value is -0.606. The maximum absolute atomic E-state index is 2.67. The largest absolute Gasteiger partial charge is 0.0836 e. The molecule has 0 N–H and O–H groups in total. The van der Waals surface area contributed by atoms with E-state index in [-0.39, 0.29) is 0 Å². The second-order valence-electron chi connectivity index (χ2n) is 7.88. The first-order chi connectivity index (χ1) is 8.92. The summed E-state index contributed by atoms with van der Waals surface area (Å²) in [7, 11) is -2.30. The van der Waals surface area contributed by atoms with Crippen LogP contribution in [0.2, 0.25) is 37.3 Å². The lowest BCUT2D eigenvalue weighted by molar-refractivity contribution is 0.713. The van der Waals surface area contributed by atoms with Crippen molar-refractivity contribution in [2.45, 2.75) is 56.2 Å². The Morgan fingerprint density at radius 3 is 2.42 bits per heavy atom. The van der Waals surface area contributed by atoms with E-state index >= 15 is 0 Å². The lowest BCUT2D eigenvalue weighted by atomic mass is 10.00. The van der Waals surface area contributed by atoms with Crippen LogP contribution in [-0.4, -0.2) is 16.1 Å². The highest BCUT2D eigenvalue weighted by Crippen LogP contribution is 2.75. The number of rotatable bonds is 1. The molecule has 3 unspecified atom stereocenters. The lowest BCUT2D eigenvalue weighted by Gasteiger charge is -2.61. The third-order valence-corrected chi connectivity index (χ3v) is 16.0. The van der Waals surface area contributed by atoms with Crippen molar-refractivity contribution >= 4 is 21.7 Å². The molecule has 1 aliphatic carbocycles. The van der Waals surface area contributed by atoms with Gasteiger partial charge in [-0.05, 0) is 33.3 Å². The Bertz CT molecular complexity index is 609.